The molecule has 0 spiro atoms. The fraction of sp³-hybridized carbons (Fsp3) is 0.263. The van der Waals surface area contributed by atoms with Gasteiger partial charge in [0.2, 0.25) is 0 Å². The van der Waals surface area contributed by atoms with Crippen LogP contribution in [0, 0.1) is 19.7 Å². The maximum Gasteiger partial charge on any atom is 0.344 e. The van der Waals surface area contributed by atoms with Gasteiger partial charge in [0.1, 0.15) is 11.6 Å². The Labute approximate surface area is 145 Å². The summed E-state index contributed by atoms with van der Waals surface area (Å²) in [5.74, 6) is -1.28. The summed E-state index contributed by atoms with van der Waals surface area (Å²) in [6.07, 6.45) is -1.07. The van der Waals surface area contributed by atoms with E-state index in [0.29, 0.717) is 5.75 Å². The fourth-order valence-electron chi connectivity index (χ4n) is 2.10. The van der Waals surface area contributed by atoms with Crippen LogP contribution in [0.25, 0.3) is 0 Å². The van der Waals surface area contributed by atoms with Gasteiger partial charge in [0, 0.05) is 0 Å². The molecule has 0 heterocycles. The first-order valence-corrected chi connectivity index (χ1v) is 7.82. The van der Waals surface area contributed by atoms with Crippen LogP contribution in [-0.2, 0) is 14.3 Å². The molecule has 0 aliphatic rings. The Morgan fingerprint density at radius 1 is 1.12 bits per heavy atom. The largest absolute Gasteiger partial charge is 0.482 e. The van der Waals surface area contributed by atoms with Crippen LogP contribution in [0.15, 0.2) is 42.5 Å². The van der Waals surface area contributed by atoms with Crippen LogP contribution in [0.3, 0.4) is 0 Å². The number of anilines is 1. The monoisotopic (exact) mass is 345 g/mol. The number of nitrogens with one attached hydrogen (secondary N) is 1. The number of halogens is 1. The smallest absolute Gasteiger partial charge is 0.344 e. The second-order valence-corrected chi connectivity index (χ2v) is 5.59. The minimum absolute atomic E-state index is 0.0297. The van der Waals surface area contributed by atoms with Crippen molar-refractivity contribution < 1.29 is 23.5 Å². The first-order valence-electron chi connectivity index (χ1n) is 7.82. The molecular formula is C19H20FNO4. The van der Waals surface area contributed by atoms with Crippen LogP contribution in [0.5, 0.6) is 5.75 Å². The van der Waals surface area contributed by atoms with Gasteiger partial charge in [-0.05, 0) is 50.1 Å². The molecule has 25 heavy (non-hydrogen) atoms. The Morgan fingerprint density at radius 2 is 1.84 bits per heavy atom. The molecular weight excluding hydrogens is 325 g/mol. The molecule has 0 aliphatic heterocycles. The van der Waals surface area contributed by atoms with Crippen LogP contribution in [0.4, 0.5) is 10.1 Å². The number of carbonyl (C=O) groups excluding carboxylic acids is 2. The summed E-state index contributed by atoms with van der Waals surface area (Å²) < 4.78 is 24.0. The summed E-state index contributed by atoms with van der Waals surface area (Å²) in [5.41, 5.74) is 2.01. The van der Waals surface area contributed by atoms with Crippen LogP contribution in [0.2, 0.25) is 0 Å². The third kappa shape index (κ3) is 5.04. The molecule has 132 valence electrons. The highest BCUT2D eigenvalue weighted by Crippen LogP contribution is 2.20. The number of ether oxygens (including phenoxy) is 2. The number of benzene rings is 2. The summed E-state index contributed by atoms with van der Waals surface area (Å²) in [6.45, 7) is 4.92. The van der Waals surface area contributed by atoms with E-state index in [1.165, 1.54) is 25.1 Å². The number of rotatable bonds is 6. The van der Waals surface area contributed by atoms with Crippen LogP contribution in [0.1, 0.15) is 18.1 Å². The van der Waals surface area contributed by atoms with Crippen molar-refractivity contribution in [2.75, 3.05) is 11.9 Å². The molecule has 6 heteroatoms. The van der Waals surface area contributed by atoms with E-state index >= 15 is 0 Å². The van der Waals surface area contributed by atoms with Gasteiger partial charge in [-0.25, -0.2) is 9.18 Å². The van der Waals surface area contributed by atoms with Crippen LogP contribution >= 0.6 is 0 Å². The number of para-hydroxylation sites is 1. The Bertz CT molecular complexity index is 776. The lowest BCUT2D eigenvalue weighted by molar-refractivity contribution is -0.155. The molecule has 2 aromatic rings. The fourth-order valence-corrected chi connectivity index (χ4v) is 2.10. The quantitative estimate of drug-likeness (QED) is 0.815. The Morgan fingerprint density at radius 3 is 2.56 bits per heavy atom. The van der Waals surface area contributed by atoms with E-state index in [0.717, 1.165) is 11.1 Å². The normalized spacial score (nSPS) is 11.5. The number of hydrogen-bond donors (Lipinski definition) is 1. The molecule has 5 nitrogen and oxygen atoms in total. The molecule has 0 fully saturated rings. The van der Waals surface area contributed by atoms with Gasteiger partial charge in [0.25, 0.3) is 5.91 Å². The summed E-state index contributed by atoms with van der Waals surface area (Å²) in [7, 11) is 0. The molecule has 0 saturated carbocycles. The van der Waals surface area contributed by atoms with E-state index in [-0.39, 0.29) is 12.3 Å². The standard InChI is InChI=1S/C19H20FNO4/c1-12-7-6-10-17(13(12)2)24-11-18(22)25-14(3)19(23)21-16-9-5-4-8-15(16)20/h4-10,14H,11H2,1-3H3,(H,21,23)/t14-/m1/s1. The predicted molar refractivity (Wildman–Crippen MR) is 92.0 cm³/mol. The Balaban J connectivity index is 1.86. The number of aryl methyl sites for hydroxylation is 1. The van der Waals surface area contributed by atoms with Gasteiger partial charge in [-0.2, -0.15) is 0 Å². The van der Waals surface area contributed by atoms with Crippen LogP contribution < -0.4 is 10.1 Å². The maximum atomic E-state index is 13.5. The third-order valence-electron chi connectivity index (χ3n) is 3.71. The molecule has 1 amide bonds. The van der Waals surface area contributed by atoms with E-state index in [4.69, 9.17) is 9.47 Å². The van der Waals surface area contributed by atoms with E-state index in [2.05, 4.69) is 5.32 Å². The Kier molecular flexibility index (Phi) is 6.11. The SMILES string of the molecule is Cc1cccc(OCC(=O)O[C@H](C)C(=O)Nc2ccccc2F)c1C. The first kappa shape index (κ1) is 18.4. The van der Waals surface area contributed by atoms with Crippen LogP contribution in [-0.4, -0.2) is 24.6 Å². The summed E-state index contributed by atoms with van der Waals surface area (Å²) in [6, 6.07) is 11.3. The van der Waals surface area contributed by atoms with Crippen molar-refractivity contribution in [3.63, 3.8) is 0 Å². The van der Waals surface area contributed by atoms with E-state index in [9.17, 15) is 14.0 Å². The highest BCUT2D eigenvalue weighted by Gasteiger charge is 2.19. The van der Waals surface area contributed by atoms with E-state index in [1.807, 2.05) is 26.0 Å². The van der Waals surface area contributed by atoms with Gasteiger partial charge >= 0.3 is 5.97 Å². The van der Waals surface area contributed by atoms with Gasteiger partial charge in [-0.1, -0.05) is 24.3 Å². The second-order valence-electron chi connectivity index (χ2n) is 5.59. The number of carbonyl (C=O) groups is 2. The maximum absolute atomic E-state index is 13.5. The van der Waals surface area contributed by atoms with Crippen molar-refractivity contribution in [3.8, 4) is 5.75 Å². The van der Waals surface area contributed by atoms with E-state index < -0.39 is 23.8 Å². The molecule has 0 radical (unpaired) electrons. The number of esters is 1. The molecule has 2 rings (SSSR count). The minimum Gasteiger partial charge on any atom is -0.482 e. The molecule has 0 unspecified atom stereocenters. The summed E-state index contributed by atoms with van der Waals surface area (Å²) >= 11 is 0. The van der Waals surface area contributed by atoms with Crippen molar-refractivity contribution in [2.24, 2.45) is 0 Å². The second kappa shape index (κ2) is 8.28. The van der Waals surface area contributed by atoms with Gasteiger partial charge < -0.3 is 14.8 Å². The van der Waals surface area contributed by atoms with Crippen molar-refractivity contribution in [2.45, 2.75) is 26.9 Å². The van der Waals surface area contributed by atoms with Gasteiger partial charge in [0.05, 0.1) is 5.69 Å². The topological polar surface area (TPSA) is 64.6 Å². The highest BCUT2D eigenvalue weighted by molar-refractivity contribution is 5.95. The average Bonchev–Trinajstić information content (AvgIpc) is 2.58. The predicted octanol–water partition coefficient (Wildman–Crippen LogP) is 3.39. The minimum atomic E-state index is -1.07. The Hall–Kier alpha value is -2.89. The zero-order valence-electron chi connectivity index (χ0n) is 14.3. The highest BCUT2D eigenvalue weighted by atomic mass is 19.1. The lowest BCUT2D eigenvalue weighted by Crippen LogP contribution is -2.32. The number of amides is 1. The lowest BCUT2D eigenvalue weighted by Gasteiger charge is -2.15. The molecule has 0 aromatic heterocycles. The molecule has 0 aliphatic carbocycles. The third-order valence-corrected chi connectivity index (χ3v) is 3.71. The van der Waals surface area contributed by atoms with Crippen molar-refractivity contribution in [1.82, 2.24) is 0 Å². The molecule has 2 aromatic carbocycles. The number of hydrogen-bond acceptors (Lipinski definition) is 4. The molecule has 1 N–H and O–H groups in total. The zero-order valence-corrected chi connectivity index (χ0v) is 14.3. The van der Waals surface area contributed by atoms with Gasteiger partial charge in [-0.3, -0.25) is 4.79 Å². The zero-order chi connectivity index (χ0) is 18.4. The van der Waals surface area contributed by atoms with Crippen molar-refractivity contribution >= 4 is 17.6 Å². The van der Waals surface area contributed by atoms with Crippen molar-refractivity contribution in [3.05, 3.63) is 59.4 Å². The molecule has 0 saturated heterocycles. The average molecular weight is 345 g/mol. The summed E-state index contributed by atoms with van der Waals surface area (Å²) in [4.78, 5) is 23.8. The van der Waals surface area contributed by atoms with Gasteiger partial charge in [0.15, 0.2) is 12.7 Å². The summed E-state index contributed by atoms with van der Waals surface area (Å²) in [5, 5.41) is 2.37. The lowest BCUT2D eigenvalue weighted by atomic mass is 10.1. The molecule has 1 atom stereocenters. The molecule has 0 bridgehead atoms. The van der Waals surface area contributed by atoms with E-state index in [1.54, 1.807) is 12.1 Å². The van der Waals surface area contributed by atoms with Crippen molar-refractivity contribution in [1.29, 1.82) is 0 Å². The van der Waals surface area contributed by atoms with Gasteiger partial charge in [-0.15, -0.1) is 0 Å². The first-order chi connectivity index (χ1) is 11.9.